The van der Waals surface area contributed by atoms with Gasteiger partial charge in [-0.05, 0) is 78.7 Å². The van der Waals surface area contributed by atoms with E-state index in [4.69, 9.17) is 31.2 Å². The maximum absolute atomic E-state index is 14.1. The van der Waals surface area contributed by atoms with Crippen LogP contribution in [0.1, 0.15) is 43.5 Å². The van der Waals surface area contributed by atoms with Gasteiger partial charge in [0.05, 0.1) is 35.5 Å². The smallest absolute Gasteiger partial charge is 0.338 e. The highest BCUT2D eigenvalue weighted by Crippen LogP contribution is 2.37. The van der Waals surface area contributed by atoms with Gasteiger partial charge >= 0.3 is 5.97 Å². The van der Waals surface area contributed by atoms with E-state index in [2.05, 4.69) is 37.1 Å². The van der Waals surface area contributed by atoms with Gasteiger partial charge in [-0.2, -0.15) is 5.10 Å². The molecule has 0 saturated carbocycles. The zero-order valence-electron chi connectivity index (χ0n) is 24.8. The van der Waals surface area contributed by atoms with Gasteiger partial charge in [0, 0.05) is 16.8 Å². The van der Waals surface area contributed by atoms with Crippen LogP contribution in [0.4, 0.5) is 4.39 Å². The number of amides is 1. The van der Waals surface area contributed by atoms with Crippen molar-refractivity contribution in [2.45, 2.75) is 33.4 Å². The lowest BCUT2D eigenvalue weighted by atomic mass is 9.95. The lowest BCUT2D eigenvalue weighted by molar-refractivity contribution is -0.139. The Bertz CT molecular complexity index is 1630. The number of hydrogen-bond donors (Lipinski definition) is 3. The molecule has 1 atom stereocenters. The number of carbonyl (C=O) groups excluding carboxylic acids is 2. The summed E-state index contributed by atoms with van der Waals surface area (Å²) < 4.78 is 37.3. The molecule has 3 aromatic rings. The fourth-order valence-corrected chi connectivity index (χ4v) is 5.29. The molecule has 1 aliphatic rings. The first-order chi connectivity index (χ1) is 21.7. The van der Waals surface area contributed by atoms with Crippen LogP contribution in [0, 0.1) is 5.82 Å². The summed E-state index contributed by atoms with van der Waals surface area (Å²) in [6.07, 6.45) is 1.44. The highest BCUT2D eigenvalue weighted by molar-refractivity contribution is 9.10. The van der Waals surface area contributed by atoms with E-state index in [1.807, 2.05) is 6.92 Å². The number of nitrogens with one attached hydrogen (secondary N) is 3. The van der Waals surface area contributed by atoms with E-state index in [0.717, 1.165) is 0 Å². The molecule has 4 rings (SSSR count). The van der Waals surface area contributed by atoms with Gasteiger partial charge in [0.2, 0.25) is 0 Å². The molecule has 1 amide bonds. The first-order valence-corrected chi connectivity index (χ1v) is 15.2. The van der Waals surface area contributed by atoms with Gasteiger partial charge in [0.25, 0.3) is 5.91 Å². The van der Waals surface area contributed by atoms with Crippen LogP contribution in [-0.4, -0.2) is 43.0 Å². The second kappa shape index (κ2) is 16.0. The molecule has 0 spiro atoms. The Morgan fingerprint density at radius 2 is 1.80 bits per heavy atom. The maximum atomic E-state index is 14.1. The van der Waals surface area contributed by atoms with Gasteiger partial charge in [-0.1, -0.05) is 36.4 Å². The fraction of sp³-hybridized carbons (Fsp3) is 0.250. The van der Waals surface area contributed by atoms with Crippen molar-refractivity contribution in [2.75, 3.05) is 19.8 Å². The SMILES string of the molecule is CCOC(=O)C1=C(C)NC(=S)N[C@@H]1c1ccccc1OCC(=O)NN=Cc1cc(Br)c(OCc2ccccc2F)c(OCC)c1. The van der Waals surface area contributed by atoms with E-state index in [-0.39, 0.29) is 25.6 Å². The summed E-state index contributed by atoms with van der Waals surface area (Å²) >= 11 is 8.80. The third-order valence-corrected chi connectivity index (χ3v) is 7.23. The average Bonchev–Trinajstić information content (AvgIpc) is 3.00. The van der Waals surface area contributed by atoms with E-state index in [1.54, 1.807) is 68.4 Å². The largest absolute Gasteiger partial charge is 0.490 e. The number of para-hydroxylation sites is 1. The molecule has 0 aliphatic carbocycles. The molecule has 0 bridgehead atoms. The number of nitrogens with zero attached hydrogens (tertiary/aromatic N) is 1. The Labute approximate surface area is 274 Å². The number of thiocarbonyl (C=S) groups is 1. The summed E-state index contributed by atoms with van der Waals surface area (Å²) in [5.74, 6) is -0.153. The minimum atomic E-state index is -0.647. The number of allylic oxidation sites excluding steroid dienone is 1. The first-order valence-electron chi connectivity index (χ1n) is 14.0. The topological polar surface area (TPSA) is 120 Å². The normalized spacial score (nSPS) is 14.4. The van der Waals surface area contributed by atoms with Crippen LogP contribution in [0.2, 0.25) is 0 Å². The van der Waals surface area contributed by atoms with Crippen molar-refractivity contribution in [3.8, 4) is 17.2 Å². The molecule has 1 heterocycles. The summed E-state index contributed by atoms with van der Waals surface area (Å²) in [6.45, 7) is 5.54. The minimum absolute atomic E-state index is 0.0123. The molecule has 0 saturated heterocycles. The van der Waals surface area contributed by atoms with Gasteiger partial charge in [-0.3, -0.25) is 4.79 Å². The molecule has 0 radical (unpaired) electrons. The minimum Gasteiger partial charge on any atom is -0.490 e. The Kier molecular flexibility index (Phi) is 11.9. The number of carbonyl (C=O) groups is 2. The van der Waals surface area contributed by atoms with Crippen molar-refractivity contribution in [3.63, 3.8) is 0 Å². The van der Waals surface area contributed by atoms with Crippen molar-refractivity contribution in [1.82, 2.24) is 16.1 Å². The monoisotopic (exact) mass is 698 g/mol. The Hall–Kier alpha value is -4.49. The van der Waals surface area contributed by atoms with E-state index in [1.165, 1.54) is 12.3 Å². The number of halogens is 2. The van der Waals surface area contributed by atoms with Crippen LogP contribution in [-0.2, 0) is 20.9 Å². The molecular weight excluding hydrogens is 667 g/mol. The quantitative estimate of drug-likeness (QED) is 0.0927. The van der Waals surface area contributed by atoms with Gasteiger partial charge in [-0.15, -0.1) is 0 Å². The van der Waals surface area contributed by atoms with Crippen LogP contribution >= 0.6 is 28.1 Å². The molecular formula is C32H32BrFN4O6S. The highest BCUT2D eigenvalue weighted by atomic mass is 79.9. The molecule has 10 nitrogen and oxygen atoms in total. The van der Waals surface area contributed by atoms with Crippen molar-refractivity contribution in [2.24, 2.45) is 5.10 Å². The van der Waals surface area contributed by atoms with Crippen LogP contribution in [0.25, 0.3) is 0 Å². The molecule has 0 unspecified atom stereocenters. The zero-order chi connectivity index (χ0) is 32.3. The number of hydrazone groups is 1. The number of rotatable bonds is 13. The summed E-state index contributed by atoms with van der Waals surface area (Å²) in [6, 6.07) is 16.2. The predicted octanol–water partition coefficient (Wildman–Crippen LogP) is 5.45. The lowest BCUT2D eigenvalue weighted by Crippen LogP contribution is -2.45. The molecule has 45 heavy (non-hydrogen) atoms. The summed E-state index contributed by atoms with van der Waals surface area (Å²) in [7, 11) is 0. The molecule has 3 N–H and O–H groups in total. The van der Waals surface area contributed by atoms with E-state index in [9.17, 15) is 14.0 Å². The van der Waals surface area contributed by atoms with Crippen LogP contribution in [0.5, 0.6) is 17.2 Å². The number of benzene rings is 3. The Morgan fingerprint density at radius 3 is 2.56 bits per heavy atom. The van der Waals surface area contributed by atoms with Gasteiger partial charge in [0.15, 0.2) is 23.2 Å². The molecule has 13 heteroatoms. The summed E-state index contributed by atoms with van der Waals surface area (Å²) in [4.78, 5) is 25.4. The third-order valence-electron chi connectivity index (χ3n) is 6.42. The molecule has 1 aliphatic heterocycles. The summed E-state index contributed by atoms with van der Waals surface area (Å²) in [5, 5.41) is 10.4. The molecule has 0 fully saturated rings. The number of hydrogen-bond acceptors (Lipinski definition) is 8. The van der Waals surface area contributed by atoms with Gasteiger partial charge < -0.3 is 29.6 Å². The molecule has 3 aromatic carbocycles. The highest BCUT2D eigenvalue weighted by Gasteiger charge is 2.32. The third kappa shape index (κ3) is 8.79. The second-order valence-electron chi connectivity index (χ2n) is 9.55. The molecule has 0 aromatic heterocycles. The zero-order valence-corrected chi connectivity index (χ0v) is 27.2. The second-order valence-corrected chi connectivity index (χ2v) is 10.8. The Balaban J connectivity index is 1.41. The fourth-order valence-electron chi connectivity index (χ4n) is 4.44. The van der Waals surface area contributed by atoms with Crippen molar-refractivity contribution >= 4 is 51.4 Å². The van der Waals surface area contributed by atoms with E-state index in [0.29, 0.717) is 61.4 Å². The predicted molar refractivity (Wildman–Crippen MR) is 175 cm³/mol. The summed E-state index contributed by atoms with van der Waals surface area (Å²) in [5.41, 5.74) is 4.98. The van der Waals surface area contributed by atoms with Crippen LogP contribution < -0.4 is 30.3 Å². The first kappa shape index (κ1) is 33.4. The van der Waals surface area contributed by atoms with Crippen molar-refractivity contribution < 1.29 is 32.9 Å². The Morgan fingerprint density at radius 1 is 1.04 bits per heavy atom. The van der Waals surface area contributed by atoms with Crippen LogP contribution in [0.15, 0.2) is 81.5 Å². The lowest BCUT2D eigenvalue weighted by Gasteiger charge is -2.30. The molecule has 236 valence electrons. The van der Waals surface area contributed by atoms with Gasteiger partial charge in [-0.25, -0.2) is 14.6 Å². The number of esters is 1. The van der Waals surface area contributed by atoms with Crippen molar-refractivity contribution in [3.05, 3.63) is 98.9 Å². The maximum Gasteiger partial charge on any atom is 0.338 e. The average molecular weight is 700 g/mol. The van der Waals surface area contributed by atoms with E-state index < -0.39 is 17.9 Å². The number of ether oxygens (including phenoxy) is 4. The van der Waals surface area contributed by atoms with Crippen LogP contribution in [0.3, 0.4) is 0 Å². The van der Waals surface area contributed by atoms with Gasteiger partial charge in [0.1, 0.15) is 18.2 Å². The van der Waals surface area contributed by atoms with Crippen molar-refractivity contribution in [1.29, 1.82) is 0 Å². The standard InChI is InChI=1S/C32H32BrFN4O6S/c1-4-41-26-15-20(14-23(33)30(26)44-17-21-10-6-8-12-24(21)34)16-35-38-27(39)18-43-25-13-9-7-11-22(25)29-28(31(40)42-5-2)19(3)36-32(45)37-29/h6-16,29H,4-5,17-18H2,1-3H3,(H,38,39)(H2,36,37,45)/t29-/m1/s1. The van der Waals surface area contributed by atoms with E-state index >= 15 is 0 Å².